The van der Waals surface area contributed by atoms with Gasteiger partial charge in [0.15, 0.2) is 0 Å². The van der Waals surface area contributed by atoms with Gasteiger partial charge in [-0.1, -0.05) is 15.9 Å². The van der Waals surface area contributed by atoms with Crippen molar-refractivity contribution >= 4 is 21.8 Å². The molecular weight excluding hydrogens is 228 g/mol. The van der Waals surface area contributed by atoms with Crippen molar-refractivity contribution in [1.82, 2.24) is 4.90 Å². The van der Waals surface area contributed by atoms with E-state index in [1.165, 1.54) is 0 Å². The first kappa shape index (κ1) is 10.3. The number of amidine groups is 1. The number of nitrogens with one attached hydrogen (secondary N) is 1. The van der Waals surface area contributed by atoms with Crippen LogP contribution in [0.4, 0.5) is 0 Å². The lowest BCUT2D eigenvalue weighted by Gasteiger charge is -2.15. The number of benzene rings is 1. The third kappa shape index (κ3) is 2.31. The number of hydrogen-bond acceptors (Lipinski definition) is 1. The molecule has 0 radical (unpaired) electrons. The highest BCUT2D eigenvalue weighted by Gasteiger charge is 2.06. The van der Waals surface area contributed by atoms with Crippen molar-refractivity contribution in [3.8, 4) is 0 Å². The van der Waals surface area contributed by atoms with Crippen molar-refractivity contribution in [2.45, 2.75) is 6.92 Å². The predicted molar refractivity (Wildman–Crippen MR) is 59.4 cm³/mol. The Bertz CT molecular complexity index is 332. The molecular formula is C10H13BrN2. The summed E-state index contributed by atoms with van der Waals surface area (Å²) in [5, 5.41) is 7.81. The lowest BCUT2D eigenvalue weighted by atomic mass is 10.1. The molecule has 1 N–H and O–H groups in total. The predicted octanol–water partition coefficient (Wildman–Crippen LogP) is 2.64. The van der Waals surface area contributed by atoms with Crippen LogP contribution in [0.25, 0.3) is 0 Å². The van der Waals surface area contributed by atoms with Gasteiger partial charge in [0.1, 0.15) is 5.84 Å². The molecule has 0 aliphatic rings. The zero-order chi connectivity index (χ0) is 10.0. The molecule has 0 atom stereocenters. The van der Waals surface area contributed by atoms with E-state index < -0.39 is 0 Å². The highest BCUT2D eigenvalue weighted by Crippen LogP contribution is 2.16. The molecule has 13 heavy (non-hydrogen) atoms. The molecule has 1 aromatic rings. The zero-order valence-corrected chi connectivity index (χ0v) is 9.64. The van der Waals surface area contributed by atoms with Crippen LogP contribution in [0.2, 0.25) is 0 Å². The molecule has 0 bridgehead atoms. The molecule has 0 aliphatic heterocycles. The highest BCUT2D eigenvalue weighted by atomic mass is 79.9. The van der Waals surface area contributed by atoms with Crippen LogP contribution in [0.15, 0.2) is 22.7 Å². The number of halogens is 1. The molecule has 2 nitrogen and oxygen atoms in total. The molecule has 0 aromatic heterocycles. The van der Waals surface area contributed by atoms with Gasteiger partial charge in [0.2, 0.25) is 0 Å². The second-order valence-corrected chi connectivity index (χ2v) is 4.12. The van der Waals surface area contributed by atoms with Gasteiger partial charge in [-0.15, -0.1) is 0 Å². The van der Waals surface area contributed by atoms with Gasteiger partial charge < -0.3 is 4.90 Å². The zero-order valence-electron chi connectivity index (χ0n) is 8.06. The normalized spacial score (nSPS) is 9.85. The minimum Gasteiger partial charge on any atom is -0.363 e. The van der Waals surface area contributed by atoms with Crippen LogP contribution in [-0.2, 0) is 0 Å². The summed E-state index contributed by atoms with van der Waals surface area (Å²) in [6.45, 7) is 2.01. The monoisotopic (exact) mass is 240 g/mol. The minimum absolute atomic E-state index is 0.546. The molecule has 0 heterocycles. The number of aryl methyl sites for hydroxylation is 1. The van der Waals surface area contributed by atoms with E-state index in [4.69, 9.17) is 5.41 Å². The van der Waals surface area contributed by atoms with Crippen molar-refractivity contribution in [3.05, 3.63) is 33.8 Å². The van der Waals surface area contributed by atoms with Gasteiger partial charge in [-0.05, 0) is 30.7 Å². The van der Waals surface area contributed by atoms with E-state index in [1.807, 2.05) is 39.2 Å². The Hall–Kier alpha value is -0.830. The molecule has 0 amide bonds. The second-order valence-electron chi connectivity index (χ2n) is 3.20. The van der Waals surface area contributed by atoms with Crippen LogP contribution in [0.5, 0.6) is 0 Å². The fourth-order valence-electron chi connectivity index (χ4n) is 1.13. The van der Waals surface area contributed by atoms with Gasteiger partial charge in [-0.2, -0.15) is 0 Å². The molecule has 1 rings (SSSR count). The summed E-state index contributed by atoms with van der Waals surface area (Å²) in [5.41, 5.74) is 2.10. The van der Waals surface area contributed by atoms with Gasteiger partial charge in [0.05, 0.1) is 0 Å². The van der Waals surface area contributed by atoms with E-state index in [0.717, 1.165) is 15.6 Å². The van der Waals surface area contributed by atoms with Crippen molar-refractivity contribution < 1.29 is 0 Å². The third-order valence-electron chi connectivity index (χ3n) is 1.89. The summed E-state index contributed by atoms with van der Waals surface area (Å²) in [5.74, 6) is 0.546. The maximum atomic E-state index is 7.81. The quantitative estimate of drug-likeness (QED) is 0.593. The van der Waals surface area contributed by atoms with E-state index in [1.54, 1.807) is 4.90 Å². The Morgan fingerprint density at radius 1 is 1.38 bits per heavy atom. The molecule has 0 spiro atoms. The first-order chi connectivity index (χ1) is 6.02. The molecule has 0 fully saturated rings. The molecule has 0 unspecified atom stereocenters. The summed E-state index contributed by atoms with van der Waals surface area (Å²) >= 11 is 3.40. The number of rotatable bonds is 1. The maximum Gasteiger partial charge on any atom is 0.127 e. The van der Waals surface area contributed by atoms with Gasteiger partial charge in [-0.3, -0.25) is 5.41 Å². The molecule has 0 saturated carbocycles. The standard InChI is InChI=1S/C10H13BrN2/c1-7-6-8(11)4-5-9(7)10(12)13(2)3/h4-6,12H,1-3H3. The van der Waals surface area contributed by atoms with Gasteiger partial charge in [-0.25, -0.2) is 0 Å². The minimum atomic E-state index is 0.546. The molecule has 0 aliphatic carbocycles. The Morgan fingerprint density at radius 3 is 2.46 bits per heavy atom. The molecule has 1 aromatic carbocycles. The SMILES string of the molecule is Cc1cc(Br)ccc1C(=N)N(C)C. The maximum absolute atomic E-state index is 7.81. The van der Waals surface area contributed by atoms with Crippen LogP contribution in [0.1, 0.15) is 11.1 Å². The Morgan fingerprint density at radius 2 is 2.00 bits per heavy atom. The van der Waals surface area contributed by atoms with Crippen LogP contribution in [0.3, 0.4) is 0 Å². The topological polar surface area (TPSA) is 27.1 Å². The van der Waals surface area contributed by atoms with E-state index in [-0.39, 0.29) is 0 Å². The van der Waals surface area contributed by atoms with Crippen LogP contribution in [0, 0.1) is 12.3 Å². The fraction of sp³-hybridized carbons (Fsp3) is 0.300. The Balaban J connectivity index is 3.09. The van der Waals surface area contributed by atoms with E-state index in [9.17, 15) is 0 Å². The lowest BCUT2D eigenvalue weighted by molar-refractivity contribution is 0.618. The average molecular weight is 241 g/mol. The fourth-order valence-corrected chi connectivity index (χ4v) is 1.61. The summed E-state index contributed by atoms with van der Waals surface area (Å²) in [7, 11) is 3.76. The summed E-state index contributed by atoms with van der Waals surface area (Å²) in [6.07, 6.45) is 0. The molecule has 3 heteroatoms. The Kier molecular flexibility index (Phi) is 3.09. The van der Waals surface area contributed by atoms with Crippen molar-refractivity contribution in [3.63, 3.8) is 0 Å². The van der Waals surface area contributed by atoms with Gasteiger partial charge in [0.25, 0.3) is 0 Å². The van der Waals surface area contributed by atoms with E-state index >= 15 is 0 Å². The number of hydrogen-bond donors (Lipinski definition) is 1. The number of nitrogens with zero attached hydrogens (tertiary/aromatic N) is 1. The van der Waals surface area contributed by atoms with Gasteiger partial charge >= 0.3 is 0 Å². The first-order valence-corrected chi connectivity index (χ1v) is 4.84. The van der Waals surface area contributed by atoms with Crippen molar-refractivity contribution in [2.24, 2.45) is 0 Å². The van der Waals surface area contributed by atoms with Crippen molar-refractivity contribution in [1.29, 1.82) is 5.41 Å². The smallest absolute Gasteiger partial charge is 0.127 e. The highest BCUT2D eigenvalue weighted by molar-refractivity contribution is 9.10. The van der Waals surface area contributed by atoms with E-state index in [0.29, 0.717) is 5.84 Å². The second kappa shape index (κ2) is 3.92. The van der Waals surface area contributed by atoms with Crippen LogP contribution in [-0.4, -0.2) is 24.8 Å². The van der Waals surface area contributed by atoms with Gasteiger partial charge in [0, 0.05) is 24.1 Å². The van der Waals surface area contributed by atoms with Crippen LogP contribution < -0.4 is 0 Å². The average Bonchev–Trinajstić information content (AvgIpc) is 2.03. The molecule has 70 valence electrons. The lowest BCUT2D eigenvalue weighted by Crippen LogP contribution is -2.22. The summed E-state index contributed by atoms with van der Waals surface area (Å²) in [4.78, 5) is 1.80. The van der Waals surface area contributed by atoms with Crippen molar-refractivity contribution in [2.75, 3.05) is 14.1 Å². The first-order valence-electron chi connectivity index (χ1n) is 4.05. The van der Waals surface area contributed by atoms with E-state index in [2.05, 4.69) is 15.9 Å². The largest absolute Gasteiger partial charge is 0.363 e. The third-order valence-corrected chi connectivity index (χ3v) is 2.38. The summed E-state index contributed by atoms with van der Waals surface area (Å²) in [6, 6.07) is 5.94. The van der Waals surface area contributed by atoms with Crippen LogP contribution >= 0.6 is 15.9 Å². The summed E-state index contributed by atoms with van der Waals surface area (Å²) < 4.78 is 1.06. The molecule has 0 saturated heterocycles. The Labute approximate surface area is 87.2 Å².